The summed E-state index contributed by atoms with van der Waals surface area (Å²) in [6.07, 6.45) is 1.81. The van der Waals surface area contributed by atoms with Crippen LogP contribution in [0.5, 0.6) is 0 Å². The minimum absolute atomic E-state index is 0. The number of benzene rings is 3. The molecule has 0 aliphatic rings. The number of aromatic nitrogens is 1. The molecule has 4 rings (SSSR count). The summed E-state index contributed by atoms with van der Waals surface area (Å²) in [4.78, 5) is 4.39. The summed E-state index contributed by atoms with van der Waals surface area (Å²) in [5.41, 5.74) is 2.00. The van der Waals surface area contributed by atoms with E-state index in [0.29, 0.717) is 0 Å². The number of hydrogen-bond donors (Lipinski definition) is 0. The number of hydrogen-bond acceptors (Lipinski definition) is 1. The van der Waals surface area contributed by atoms with E-state index in [1.165, 1.54) is 21.5 Å². The van der Waals surface area contributed by atoms with Crippen molar-refractivity contribution in [3.63, 3.8) is 0 Å². The van der Waals surface area contributed by atoms with Crippen LogP contribution < -0.4 is 0 Å². The maximum absolute atomic E-state index is 4.39. The van der Waals surface area contributed by atoms with E-state index in [0.717, 1.165) is 11.3 Å². The van der Waals surface area contributed by atoms with Crippen molar-refractivity contribution in [1.82, 2.24) is 4.98 Å². The van der Waals surface area contributed by atoms with Crippen LogP contribution in [0, 0.1) is 6.07 Å². The van der Waals surface area contributed by atoms with Crippen LogP contribution in [0.15, 0.2) is 72.9 Å². The van der Waals surface area contributed by atoms with Crippen LogP contribution in [0.3, 0.4) is 0 Å². The second-order valence-corrected chi connectivity index (χ2v) is 4.85. The van der Waals surface area contributed by atoms with Crippen LogP contribution in [0.1, 0.15) is 0 Å². The van der Waals surface area contributed by atoms with Crippen molar-refractivity contribution in [3.8, 4) is 11.3 Å². The predicted octanol–water partition coefficient (Wildman–Crippen LogP) is 4.85. The van der Waals surface area contributed by atoms with Gasteiger partial charge in [-0.05, 0) is 17.1 Å². The van der Waals surface area contributed by atoms with E-state index in [2.05, 4.69) is 59.6 Å². The molecule has 0 saturated heterocycles. The summed E-state index contributed by atoms with van der Waals surface area (Å²) in [6, 6.07) is 26.3. The van der Waals surface area contributed by atoms with E-state index in [4.69, 9.17) is 0 Å². The van der Waals surface area contributed by atoms with Crippen molar-refractivity contribution >= 4 is 21.5 Å². The van der Waals surface area contributed by atoms with E-state index in [1.54, 1.807) is 0 Å². The molecule has 1 aromatic heterocycles. The zero-order valence-electron chi connectivity index (χ0n) is 11.2. The molecule has 0 bridgehead atoms. The fraction of sp³-hybridized carbons (Fsp3) is 0. The second kappa shape index (κ2) is 5.77. The van der Waals surface area contributed by atoms with E-state index in [9.17, 15) is 0 Å². The predicted molar refractivity (Wildman–Crippen MR) is 83.5 cm³/mol. The smallest absolute Gasteiger partial charge is 0.0160 e. The SMILES string of the molecule is [Ir].[c-]1cc2c(ccc3ccccc32)cc1-c1ccccn1. The van der Waals surface area contributed by atoms with Gasteiger partial charge in [-0.15, -0.1) is 29.1 Å². The molecule has 1 radical (unpaired) electrons. The van der Waals surface area contributed by atoms with Gasteiger partial charge < -0.3 is 4.98 Å². The summed E-state index contributed by atoms with van der Waals surface area (Å²) < 4.78 is 0. The van der Waals surface area contributed by atoms with Crippen LogP contribution >= 0.6 is 0 Å². The molecule has 0 atom stereocenters. The second-order valence-electron chi connectivity index (χ2n) is 4.85. The van der Waals surface area contributed by atoms with Crippen molar-refractivity contribution < 1.29 is 20.1 Å². The molecule has 0 N–H and O–H groups in total. The molecule has 0 amide bonds. The van der Waals surface area contributed by atoms with Crippen molar-refractivity contribution in [2.24, 2.45) is 0 Å². The standard InChI is InChI=1S/C19H12N.Ir/c1-2-6-17-14(5-1)8-9-15-13-16(10-11-18(15)17)19-7-3-4-12-20-19;/h1-9,11-13H;/q-1;. The number of fused-ring (bicyclic) bond motifs is 3. The Kier molecular flexibility index (Phi) is 3.83. The molecular formula is C19H12IrN-. The third-order valence-electron chi connectivity index (χ3n) is 3.62. The minimum atomic E-state index is 0. The summed E-state index contributed by atoms with van der Waals surface area (Å²) in [5.74, 6) is 0. The van der Waals surface area contributed by atoms with Crippen LogP contribution in [-0.2, 0) is 20.1 Å². The topological polar surface area (TPSA) is 12.9 Å². The molecule has 21 heavy (non-hydrogen) atoms. The summed E-state index contributed by atoms with van der Waals surface area (Å²) >= 11 is 0. The van der Waals surface area contributed by atoms with Gasteiger partial charge in [0.15, 0.2) is 0 Å². The maximum atomic E-state index is 4.39. The summed E-state index contributed by atoms with van der Waals surface area (Å²) in [6.45, 7) is 0. The molecule has 0 unspecified atom stereocenters. The molecule has 0 aliphatic carbocycles. The Morgan fingerprint density at radius 2 is 1.57 bits per heavy atom. The molecule has 3 aromatic carbocycles. The molecule has 0 aliphatic heterocycles. The summed E-state index contributed by atoms with van der Waals surface area (Å²) in [7, 11) is 0. The molecule has 0 fully saturated rings. The number of nitrogens with zero attached hydrogens (tertiary/aromatic N) is 1. The minimum Gasteiger partial charge on any atom is -0.305 e. The summed E-state index contributed by atoms with van der Waals surface area (Å²) in [5, 5.41) is 5.00. The van der Waals surface area contributed by atoms with Gasteiger partial charge in [0.1, 0.15) is 0 Å². The average Bonchev–Trinajstić information content (AvgIpc) is 2.55. The van der Waals surface area contributed by atoms with E-state index < -0.39 is 0 Å². The number of pyridine rings is 1. The Labute approximate surface area is 137 Å². The van der Waals surface area contributed by atoms with Gasteiger partial charge in [0, 0.05) is 26.3 Å². The first kappa shape index (κ1) is 13.9. The van der Waals surface area contributed by atoms with E-state index in [-0.39, 0.29) is 20.1 Å². The monoisotopic (exact) mass is 447 g/mol. The van der Waals surface area contributed by atoms with Crippen molar-refractivity contribution in [2.45, 2.75) is 0 Å². The van der Waals surface area contributed by atoms with Gasteiger partial charge in [-0.2, -0.15) is 0 Å². The molecule has 2 heteroatoms. The average molecular weight is 447 g/mol. The van der Waals surface area contributed by atoms with Gasteiger partial charge in [0.2, 0.25) is 0 Å². The fourth-order valence-corrected chi connectivity index (χ4v) is 2.62. The van der Waals surface area contributed by atoms with E-state index >= 15 is 0 Å². The van der Waals surface area contributed by atoms with Gasteiger partial charge >= 0.3 is 0 Å². The van der Waals surface area contributed by atoms with Crippen LogP contribution in [0.4, 0.5) is 0 Å². The molecule has 1 heterocycles. The van der Waals surface area contributed by atoms with Crippen LogP contribution in [-0.4, -0.2) is 4.98 Å². The van der Waals surface area contributed by atoms with Gasteiger partial charge in [0.05, 0.1) is 0 Å². The molecule has 1 nitrogen and oxygen atoms in total. The Bertz CT molecular complexity index is 901. The fourth-order valence-electron chi connectivity index (χ4n) is 2.62. The van der Waals surface area contributed by atoms with E-state index in [1.807, 2.05) is 24.4 Å². The Hall–Kier alpha value is -2.02. The van der Waals surface area contributed by atoms with Crippen molar-refractivity contribution in [1.29, 1.82) is 0 Å². The molecule has 0 spiro atoms. The third-order valence-corrected chi connectivity index (χ3v) is 3.62. The van der Waals surface area contributed by atoms with Gasteiger partial charge in [0.25, 0.3) is 0 Å². The Morgan fingerprint density at radius 3 is 2.43 bits per heavy atom. The third kappa shape index (κ3) is 2.49. The Balaban J connectivity index is 0.00000132. The molecular weight excluding hydrogens is 434 g/mol. The van der Waals surface area contributed by atoms with Crippen LogP contribution in [0.25, 0.3) is 32.8 Å². The van der Waals surface area contributed by atoms with Crippen LogP contribution in [0.2, 0.25) is 0 Å². The van der Waals surface area contributed by atoms with Gasteiger partial charge in [-0.1, -0.05) is 59.3 Å². The zero-order valence-corrected chi connectivity index (χ0v) is 13.6. The van der Waals surface area contributed by atoms with Crippen molar-refractivity contribution in [3.05, 3.63) is 79.0 Å². The molecule has 0 saturated carbocycles. The zero-order chi connectivity index (χ0) is 13.4. The first-order valence-electron chi connectivity index (χ1n) is 6.66. The van der Waals surface area contributed by atoms with Crippen molar-refractivity contribution in [2.75, 3.05) is 0 Å². The van der Waals surface area contributed by atoms with Gasteiger partial charge in [-0.25, -0.2) is 0 Å². The molecule has 4 aromatic rings. The number of rotatable bonds is 1. The Morgan fingerprint density at radius 1 is 0.762 bits per heavy atom. The van der Waals surface area contributed by atoms with Gasteiger partial charge in [-0.3, -0.25) is 0 Å². The first-order chi connectivity index (χ1) is 9.92. The largest absolute Gasteiger partial charge is 0.305 e. The maximum Gasteiger partial charge on any atom is 0.0160 e. The normalized spacial score (nSPS) is 10.5. The quantitative estimate of drug-likeness (QED) is 0.301. The molecule has 103 valence electrons. The first-order valence-corrected chi connectivity index (χ1v) is 6.66.